The zero-order valence-electron chi connectivity index (χ0n) is 21.9. The number of thiophene rings is 1. The quantitative estimate of drug-likeness (QED) is 0.390. The molecule has 0 bridgehead atoms. The van der Waals surface area contributed by atoms with Gasteiger partial charge in [-0.25, -0.2) is 4.79 Å². The number of hydrogen-bond acceptors (Lipinski definition) is 9. The van der Waals surface area contributed by atoms with Crippen LogP contribution in [0.25, 0.3) is 0 Å². The molecule has 1 aromatic carbocycles. The largest absolute Gasteiger partial charge is 0.486 e. The number of aromatic nitrogens is 1. The number of nitrogens with zero attached hydrogens (tertiary/aromatic N) is 4. The summed E-state index contributed by atoms with van der Waals surface area (Å²) in [4.78, 5) is 36.8. The molecule has 1 saturated heterocycles. The number of fused-ring (bicyclic) bond motifs is 1. The molecular formula is C27H33N7O4S. The monoisotopic (exact) mass is 551 g/mol. The molecule has 2 aromatic heterocycles. The van der Waals surface area contributed by atoms with E-state index in [-0.39, 0.29) is 17.6 Å². The first-order valence-corrected chi connectivity index (χ1v) is 13.8. The zero-order chi connectivity index (χ0) is 27.2. The Kier molecular flexibility index (Phi) is 8.45. The Hall–Kier alpha value is -3.87. The van der Waals surface area contributed by atoms with Crippen LogP contribution in [0.2, 0.25) is 0 Å². The van der Waals surface area contributed by atoms with Gasteiger partial charge in [0.25, 0.3) is 5.91 Å². The van der Waals surface area contributed by atoms with Gasteiger partial charge in [-0.2, -0.15) is 0 Å². The molecule has 0 atom stereocenters. The Morgan fingerprint density at radius 1 is 1.05 bits per heavy atom. The van der Waals surface area contributed by atoms with Crippen LogP contribution in [0.15, 0.2) is 47.3 Å². The second-order valence-electron chi connectivity index (χ2n) is 9.60. The highest BCUT2D eigenvalue weighted by molar-refractivity contribution is 7.09. The lowest BCUT2D eigenvalue weighted by atomic mass is 10.2. The van der Waals surface area contributed by atoms with Crippen LogP contribution in [0.1, 0.15) is 16.1 Å². The fourth-order valence-electron chi connectivity index (χ4n) is 4.38. The number of nitrogens with one attached hydrogen (secondary N) is 2. The lowest BCUT2D eigenvalue weighted by Crippen LogP contribution is -2.48. The summed E-state index contributed by atoms with van der Waals surface area (Å²) in [5.74, 6) is 0.947. The van der Waals surface area contributed by atoms with Crippen LogP contribution in [-0.4, -0.2) is 91.2 Å². The van der Waals surface area contributed by atoms with Gasteiger partial charge < -0.3 is 35.6 Å². The lowest BCUT2D eigenvalue weighted by molar-refractivity contribution is 0.102. The van der Waals surface area contributed by atoms with Crippen molar-refractivity contribution in [1.29, 1.82) is 0 Å². The van der Waals surface area contributed by atoms with E-state index in [1.54, 1.807) is 46.1 Å². The summed E-state index contributed by atoms with van der Waals surface area (Å²) in [6, 6.07) is 8.63. The Morgan fingerprint density at radius 3 is 2.56 bits per heavy atom. The summed E-state index contributed by atoms with van der Waals surface area (Å²) >= 11 is 1.41. The molecule has 0 saturated carbocycles. The molecule has 206 valence electrons. The van der Waals surface area contributed by atoms with Gasteiger partial charge in [-0.3, -0.25) is 14.7 Å². The fourth-order valence-corrected chi connectivity index (χ4v) is 5.05. The van der Waals surface area contributed by atoms with Crippen LogP contribution < -0.4 is 25.8 Å². The van der Waals surface area contributed by atoms with Crippen molar-refractivity contribution >= 4 is 40.3 Å². The molecule has 0 unspecified atom stereocenters. The van der Waals surface area contributed by atoms with E-state index in [4.69, 9.17) is 15.2 Å². The molecule has 0 radical (unpaired) electrons. The number of anilines is 3. The molecule has 4 N–H and O–H groups in total. The van der Waals surface area contributed by atoms with E-state index in [0.717, 1.165) is 38.3 Å². The number of ether oxygens (including phenoxy) is 2. The van der Waals surface area contributed by atoms with Crippen LogP contribution in [-0.2, 0) is 6.54 Å². The SMILES string of the molecule is CN1CCN(CCN(Cc2ccc(C(=O)Nc3cscc3N)nc2)C(=O)Nc2ccc3c(c2)OCCO3)CC1. The van der Waals surface area contributed by atoms with E-state index < -0.39 is 0 Å². The predicted molar refractivity (Wildman–Crippen MR) is 152 cm³/mol. The lowest BCUT2D eigenvalue weighted by Gasteiger charge is -2.34. The van der Waals surface area contributed by atoms with E-state index in [1.165, 1.54) is 11.3 Å². The van der Waals surface area contributed by atoms with Crippen molar-refractivity contribution in [2.75, 3.05) is 75.9 Å². The minimum Gasteiger partial charge on any atom is -0.486 e. The maximum absolute atomic E-state index is 13.4. The van der Waals surface area contributed by atoms with Gasteiger partial charge in [0.15, 0.2) is 11.5 Å². The Labute approximate surface area is 231 Å². The van der Waals surface area contributed by atoms with Crippen molar-refractivity contribution in [3.8, 4) is 11.5 Å². The minimum atomic E-state index is -0.338. The van der Waals surface area contributed by atoms with Crippen molar-refractivity contribution in [1.82, 2.24) is 19.7 Å². The molecule has 4 heterocycles. The summed E-state index contributed by atoms with van der Waals surface area (Å²) in [6.07, 6.45) is 1.63. The summed E-state index contributed by atoms with van der Waals surface area (Å²) in [7, 11) is 2.12. The van der Waals surface area contributed by atoms with Crippen molar-refractivity contribution < 1.29 is 19.1 Å². The molecule has 11 nitrogen and oxygen atoms in total. The zero-order valence-corrected chi connectivity index (χ0v) is 22.7. The van der Waals surface area contributed by atoms with Crippen LogP contribution >= 0.6 is 11.3 Å². The fraction of sp³-hybridized carbons (Fsp3) is 0.370. The number of benzene rings is 1. The number of likely N-dealkylation sites (N-methyl/N-ethyl adjacent to an activating group) is 1. The average Bonchev–Trinajstić information content (AvgIpc) is 3.36. The number of nitrogens with two attached hydrogens (primary N) is 1. The van der Waals surface area contributed by atoms with Crippen molar-refractivity contribution in [2.24, 2.45) is 0 Å². The van der Waals surface area contributed by atoms with Gasteiger partial charge in [0.05, 0.1) is 11.4 Å². The number of pyridine rings is 1. The van der Waals surface area contributed by atoms with Gasteiger partial charge in [0.2, 0.25) is 0 Å². The smallest absolute Gasteiger partial charge is 0.322 e. The Morgan fingerprint density at radius 2 is 1.85 bits per heavy atom. The number of piperazine rings is 1. The summed E-state index contributed by atoms with van der Waals surface area (Å²) in [5.41, 5.74) is 8.68. The normalized spacial score (nSPS) is 15.5. The highest BCUT2D eigenvalue weighted by Crippen LogP contribution is 2.32. The first-order chi connectivity index (χ1) is 18.9. The van der Waals surface area contributed by atoms with Gasteiger partial charge in [-0.05, 0) is 30.8 Å². The first-order valence-electron chi connectivity index (χ1n) is 12.9. The highest BCUT2D eigenvalue weighted by Gasteiger charge is 2.20. The van der Waals surface area contributed by atoms with E-state index in [9.17, 15) is 9.59 Å². The molecule has 0 aliphatic carbocycles. The molecule has 5 rings (SSSR count). The van der Waals surface area contributed by atoms with Crippen molar-refractivity contribution in [3.05, 3.63) is 58.5 Å². The Bertz CT molecular complexity index is 1290. The van der Waals surface area contributed by atoms with E-state index in [1.807, 2.05) is 6.07 Å². The van der Waals surface area contributed by atoms with Gasteiger partial charge in [-0.15, -0.1) is 11.3 Å². The molecule has 12 heteroatoms. The van der Waals surface area contributed by atoms with Gasteiger partial charge in [0, 0.05) is 74.5 Å². The molecule has 3 amide bonds. The standard InChI is InChI=1S/C27H33N7O4S/c1-32-6-8-33(9-7-32)10-11-34(27(36)30-20-3-5-24-25(14-20)38-13-12-37-24)16-19-2-4-22(29-15-19)26(35)31-23-18-39-17-21(23)28/h2-5,14-15,17-18H,6-13,16,28H2,1H3,(H,30,36)(H,31,35). The molecular weight excluding hydrogens is 518 g/mol. The maximum atomic E-state index is 13.4. The molecule has 1 fully saturated rings. The summed E-state index contributed by atoms with van der Waals surface area (Å²) in [6.45, 7) is 6.58. The summed E-state index contributed by atoms with van der Waals surface area (Å²) in [5, 5.41) is 9.31. The van der Waals surface area contributed by atoms with E-state index in [2.05, 4.69) is 32.5 Å². The summed E-state index contributed by atoms with van der Waals surface area (Å²) < 4.78 is 11.2. The maximum Gasteiger partial charge on any atom is 0.322 e. The molecule has 39 heavy (non-hydrogen) atoms. The second kappa shape index (κ2) is 12.3. The van der Waals surface area contributed by atoms with Crippen molar-refractivity contribution in [3.63, 3.8) is 0 Å². The Balaban J connectivity index is 1.25. The second-order valence-corrected chi connectivity index (χ2v) is 10.3. The van der Waals surface area contributed by atoms with Crippen LogP contribution in [0, 0.1) is 0 Å². The molecule has 2 aliphatic rings. The van der Waals surface area contributed by atoms with Gasteiger partial charge in [-0.1, -0.05) is 6.07 Å². The molecule has 0 spiro atoms. The highest BCUT2D eigenvalue weighted by atomic mass is 32.1. The van der Waals surface area contributed by atoms with Crippen molar-refractivity contribution in [2.45, 2.75) is 6.54 Å². The minimum absolute atomic E-state index is 0.226. The third-order valence-corrected chi connectivity index (χ3v) is 7.50. The topological polar surface area (TPSA) is 125 Å². The third-order valence-electron chi connectivity index (χ3n) is 6.73. The number of urea groups is 1. The van der Waals surface area contributed by atoms with Gasteiger partial charge >= 0.3 is 6.03 Å². The molecule has 2 aliphatic heterocycles. The van der Waals surface area contributed by atoms with E-state index in [0.29, 0.717) is 54.9 Å². The number of rotatable bonds is 8. The number of hydrogen-bond donors (Lipinski definition) is 3. The molecule has 3 aromatic rings. The first kappa shape index (κ1) is 26.7. The predicted octanol–water partition coefficient (Wildman–Crippen LogP) is 3.03. The number of carbonyl (C=O) groups is 2. The van der Waals surface area contributed by atoms with Crippen LogP contribution in [0.3, 0.4) is 0 Å². The number of amides is 3. The number of nitrogen functional groups attached to an aromatic ring is 1. The third kappa shape index (κ3) is 6.96. The average molecular weight is 552 g/mol. The van der Waals surface area contributed by atoms with E-state index >= 15 is 0 Å². The van der Waals surface area contributed by atoms with Crippen LogP contribution in [0.5, 0.6) is 11.5 Å². The van der Waals surface area contributed by atoms with Gasteiger partial charge in [0.1, 0.15) is 18.9 Å². The number of carbonyl (C=O) groups excluding carboxylic acids is 2. The van der Waals surface area contributed by atoms with Crippen LogP contribution in [0.4, 0.5) is 21.9 Å².